The molecule has 78 valence electrons. The molecule has 3 nitrogen and oxygen atoms in total. The van der Waals surface area contributed by atoms with Gasteiger partial charge in [-0.3, -0.25) is 0 Å². The van der Waals surface area contributed by atoms with Gasteiger partial charge in [-0.2, -0.15) is 0 Å². The summed E-state index contributed by atoms with van der Waals surface area (Å²) < 4.78 is 10.9. The molecule has 0 aromatic heterocycles. The minimum Gasteiger partial charge on any atom is -0.379 e. The van der Waals surface area contributed by atoms with Crippen LogP contribution in [0.1, 0.15) is 33.1 Å². The highest BCUT2D eigenvalue weighted by atomic mass is 16.5. The van der Waals surface area contributed by atoms with Gasteiger partial charge in [-0.15, -0.1) is 0 Å². The molecule has 0 spiro atoms. The zero-order valence-electron chi connectivity index (χ0n) is 8.88. The van der Waals surface area contributed by atoms with Gasteiger partial charge in [-0.05, 0) is 33.1 Å². The Morgan fingerprint density at radius 1 is 1.38 bits per heavy atom. The summed E-state index contributed by atoms with van der Waals surface area (Å²) in [5, 5.41) is 0. The summed E-state index contributed by atoms with van der Waals surface area (Å²) in [4.78, 5) is 0. The van der Waals surface area contributed by atoms with Crippen molar-refractivity contribution in [3.63, 3.8) is 0 Å². The first kappa shape index (κ1) is 11.0. The van der Waals surface area contributed by atoms with Gasteiger partial charge in [0.1, 0.15) is 0 Å². The summed E-state index contributed by atoms with van der Waals surface area (Å²) in [5.41, 5.74) is 5.58. The van der Waals surface area contributed by atoms with Gasteiger partial charge >= 0.3 is 0 Å². The molecule has 2 N–H and O–H groups in total. The molecule has 0 saturated heterocycles. The third-order valence-corrected chi connectivity index (χ3v) is 2.74. The van der Waals surface area contributed by atoms with Gasteiger partial charge in [-0.1, -0.05) is 0 Å². The Hall–Kier alpha value is -0.120. The van der Waals surface area contributed by atoms with Crippen LogP contribution in [0.4, 0.5) is 0 Å². The molecule has 0 bridgehead atoms. The van der Waals surface area contributed by atoms with Crippen molar-refractivity contribution >= 4 is 0 Å². The topological polar surface area (TPSA) is 44.5 Å². The number of ether oxygens (including phenoxy) is 2. The Balaban J connectivity index is 2.01. The summed E-state index contributed by atoms with van der Waals surface area (Å²) in [6, 6.07) is 0.375. The van der Waals surface area contributed by atoms with E-state index in [2.05, 4.69) is 13.8 Å². The number of rotatable bonds is 5. The molecule has 1 fully saturated rings. The Bertz CT molecular complexity index is 153. The second kappa shape index (κ2) is 4.40. The molecule has 0 radical (unpaired) electrons. The Morgan fingerprint density at radius 3 is 2.46 bits per heavy atom. The van der Waals surface area contributed by atoms with Crippen molar-refractivity contribution < 1.29 is 9.47 Å². The SMILES string of the molecule is COC(C)(C)CCOC1CC(N)C1. The fraction of sp³-hybridized carbons (Fsp3) is 1.00. The molecule has 0 aliphatic heterocycles. The zero-order chi connectivity index (χ0) is 9.90. The lowest BCUT2D eigenvalue weighted by molar-refractivity contribution is -0.0501. The van der Waals surface area contributed by atoms with E-state index in [-0.39, 0.29) is 5.60 Å². The average molecular weight is 187 g/mol. The van der Waals surface area contributed by atoms with Crippen LogP contribution in [-0.4, -0.2) is 31.5 Å². The van der Waals surface area contributed by atoms with Gasteiger partial charge < -0.3 is 15.2 Å². The number of nitrogens with two attached hydrogens (primary N) is 1. The summed E-state index contributed by atoms with van der Waals surface area (Å²) in [6.07, 6.45) is 3.39. The molecule has 0 heterocycles. The fourth-order valence-electron chi connectivity index (χ4n) is 1.32. The van der Waals surface area contributed by atoms with E-state index in [1.807, 2.05) is 0 Å². The molecule has 1 saturated carbocycles. The van der Waals surface area contributed by atoms with Crippen molar-refractivity contribution in [3.8, 4) is 0 Å². The zero-order valence-corrected chi connectivity index (χ0v) is 8.88. The molecule has 0 aromatic carbocycles. The average Bonchev–Trinajstić information content (AvgIpc) is 2.01. The normalized spacial score (nSPS) is 28.6. The standard InChI is InChI=1S/C10H21NO2/c1-10(2,12-3)4-5-13-9-6-8(11)7-9/h8-9H,4-7,11H2,1-3H3. The molecule has 13 heavy (non-hydrogen) atoms. The molecule has 1 aliphatic carbocycles. The van der Waals surface area contributed by atoms with Gasteiger partial charge in [0.05, 0.1) is 11.7 Å². The summed E-state index contributed by atoms with van der Waals surface area (Å²) in [5.74, 6) is 0. The molecule has 0 aromatic rings. The van der Waals surface area contributed by atoms with Gasteiger partial charge in [0.15, 0.2) is 0 Å². The van der Waals surface area contributed by atoms with Crippen LogP contribution < -0.4 is 5.73 Å². The van der Waals surface area contributed by atoms with Crippen molar-refractivity contribution in [1.82, 2.24) is 0 Å². The maximum Gasteiger partial charge on any atom is 0.0644 e. The van der Waals surface area contributed by atoms with Gasteiger partial charge in [0, 0.05) is 19.8 Å². The lowest BCUT2D eigenvalue weighted by Crippen LogP contribution is -2.42. The van der Waals surface area contributed by atoms with E-state index in [1.165, 1.54) is 0 Å². The van der Waals surface area contributed by atoms with Crippen LogP contribution in [0.15, 0.2) is 0 Å². The van der Waals surface area contributed by atoms with Gasteiger partial charge in [-0.25, -0.2) is 0 Å². The van der Waals surface area contributed by atoms with Crippen molar-refractivity contribution in [2.24, 2.45) is 5.73 Å². The lowest BCUT2D eigenvalue weighted by atomic mass is 9.90. The molecule has 0 unspecified atom stereocenters. The predicted octanol–water partition coefficient (Wildman–Crippen LogP) is 1.31. The highest BCUT2D eigenvalue weighted by molar-refractivity contribution is 4.83. The van der Waals surface area contributed by atoms with E-state index in [0.29, 0.717) is 12.1 Å². The third-order valence-electron chi connectivity index (χ3n) is 2.74. The number of hydrogen-bond donors (Lipinski definition) is 1. The molecule has 0 amide bonds. The fourth-order valence-corrected chi connectivity index (χ4v) is 1.32. The van der Waals surface area contributed by atoms with E-state index in [9.17, 15) is 0 Å². The largest absolute Gasteiger partial charge is 0.379 e. The van der Waals surface area contributed by atoms with Crippen molar-refractivity contribution in [1.29, 1.82) is 0 Å². The van der Waals surface area contributed by atoms with Crippen molar-refractivity contribution in [2.45, 2.75) is 50.9 Å². The number of methoxy groups -OCH3 is 1. The van der Waals surface area contributed by atoms with Crippen LogP contribution in [-0.2, 0) is 9.47 Å². The van der Waals surface area contributed by atoms with Gasteiger partial charge in [0.2, 0.25) is 0 Å². The maximum atomic E-state index is 5.65. The van der Waals surface area contributed by atoms with Crippen LogP contribution in [0, 0.1) is 0 Å². The molecule has 1 rings (SSSR count). The van der Waals surface area contributed by atoms with E-state index < -0.39 is 0 Å². The monoisotopic (exact) mass is 187 g/mol. The number of hydrogen-bond acceptors (Lipinski definition) is 3. The molecular formula is C10H21NO2. The molecule has 1 aliphatic rings. The van der Waals surface area contributed by atoms with Crippen molar-refractivity contribution in [2.75, 3.05) is 13.7 Å². The smallest absolute Gasteiger partial charge is 0.0644 e. The van der Waals surface area contributed by atoms with E-state index in [0.717, 1.165) is 25.9 Å². The minimum atomic E-state index is -0.0636. The summed E-state index contributed by atoms with van der Waals surface area (Å²) in [7, 11) is 1.74. The first-order valence-corrected chi connectivity index (χ1v) is 4.96. The highest BCUT2D eigenvalue weighted by Gasteiger charge is 2.27. The van der Waals surface area contributed by atoms with E-state index >= 15 is 0 Å². The van der Waals surface area contributed by atoms with E-state index in [4.69, 9.17) is 15.2 Å². The Kier molecular flexibility index (Phi) is 3.71. The molecular weight excluding hydrogens is 166 g/mol. The van der Waals surface area contributed by atoms with Crippen LogP contribution in [0.5, 0.6) is 0 Å². The second-order valence-corrected chi connectivity index (χ2v) is 4.44. The Labute approximate surface area is 80.6 Å². The van der Waals surface area contributed by atoms with E-state index in [1.54, 1.807) is 7.11 Å². The van der Waals surface area contributed by atoms with Crippen LogP contribution in [0.3, 0.4) is 0 Å². The minimum absolute atomic E-state index is 0.0636. The summed E-state index contributed by atoms with van der Waals surface area (Å²) >= 11 is 0. The first-order chi connectivity index (χ1) is 6.03. The Morgan fingerprint density at radius 2 is 2.00 bits per heavy atom. The highest BCUT2D eigenvalue weighted by Crippen LogP contribution is 2.22. The third kappa shape index (κ3) is 3.63. The summed E-state index contributed by atoms with van der Waals surface area (Å²) in [6.45, 7) is 4.92. The predicted molar refractivity (Wildman–Crippen MR) is 52.7 cm³/mol. The van der Waals surface area contributed by atoms with Crippen LogP contribution >= 0.6 is 0 Å². The van der Waals surface area contributed by atoms with Crippen molar-refractivity contribution in [3.05, 3.63) is 0 Å². The van der Waals surface area contributed by atoms with Gasteiger partial charge in [0.25, 0.3) is 0 Å². The van der Waals surface area contributed by atoms with Crippen LogP contribution in [0.2, 0.25) is 0 Å². The first-order valence-electron chi connectivity index (χ1n) is 4.96. The second-order valence-electron chi connectivity index (χ2n) is 4.44. The quantitative estimate of drug-likeness (QED) is 0.705. The molecule has 3 heteroatoms. The molecule has 0 atom stereocenters. The maximum absolute atomic E-state index is 5.65. The van der Waals surface area contributed by atoms with Crippen LogP contribution in [0.25, 0.3) is 0 Å². The lowest BCUT2D eigenvalue weighted by Gasteiger charge is -2.33.